The Kier molecular flexibility index (Phi) is 6.55. The quantitative estimate of drug-likeness (QED) is 0.402. The minimum atomic E-state index is -0.672. The molecule has 0 saturated carbocycles. The number of anilines is 1. The molecule has 0 radical (unpaired) electrons. The zero-order valence-corrected chi connectivity index (χ0v) is 17.8. The van der Waals surface area contributed by atoms with Crippen LogP contribution in [0.2, 0.25) is 0 Å². The first-order chi connectivity index (χ1) is 14.8. The summed E-state index contributed by atoms with van der Waals surface area (Å²) < 4.78 is 14.7. The fourth-order valence-electron chi connectivity index (χ4n) is 3.20. The van der Waals surface area contributed by atoms with Crippen LogP contribution in [0, 0.1) is 6.92 Å². The van der Waals surface area contributed by atoms with E-state index in [1.165, 1.54) is 14.2 Å². The minimum absolute atomic E-state index is 0.00681. The van der Waals surface area contributed by atoms with Crippen LogP contribution < -0.4 is 9.64 Å². The van der Waals surface area contributed by atoms with Gasteiger partial charge < -0.3 is 19.1 Å². The van der Waals surface area contributed by atoms with Crippen molar-refractivity contribution in [2.75, 3.05) is 25.7 Å². The van der Waals surface area contributed by atoms with Crippen LogP contribution >= 0.6 is 0 Å². The Morgan fingerprint density at radius 1 is 0.935 bits per heavy atom. The number of aryl methyl sites for hydroxylation is 1. The second-order valence-corrected chi connectivity index (χ2v) is 6.92. The second-order valence-electron chi connectivity index (χ2n) is 6.92. The molecule has 7 heteroatoms. The molecule has 1 aliphatic heterocycles. The number of rotatable bonds is 6. The number of hydrogen-bond donors (Lipinski definition) is 0. The number of nitrogens with zero attached hydrogens (tertiary/aromatic N) is 1. The molecule has 0 spiro atoms. The number of ketones is 1. The summed E-state index contributed by atoms with van der Waals surface area (Å²) in [6.45, 7) is 3.50. The lowest BCUT2D eigenvalue weighted by molar-refractivity contribution is -0.143. The molecule has 0 unspecified atom stereocenters. The number of Topliss-reactive ketones (excluding diaryl/α,β-unsaturated/α-hetero) is 1. The molecule has 0 N–H and O–H groups in total. The Balaban J connectivity index is 1.96. The topological polar surface area (TPSA) is 82.1 Å². The highest BCUT2D eigenvalue weighted by atomic mass is 16.6. The lowest BCUT2D eigenvalue weighted by atomic mass is 10.1. The molecule has 0 atom stereocenters. The zero-order chi connectivity index (χ0) is 22.5. The smallest absolute Gasteiger partial charge is 0.343 e. The van der Waals surface area contributed by atoms with Crippen LogP contribution in [0.1, 0.15) is 18.1 Å². The van der Waals surface area contributed by atoms with E-state index in [1.807, 2.05) is 31.2 Å². The van der Waals surface area contributed by atoms with Gasteiger partial charge in [0.1, 0.15) is 11.3 Å². The molecule has 0 bridgehead atoms. The first kappa shape index (κ1) is 21.8. The van der Waals surface area contributed by atoms with E-state index < -0.39 is 17.7 Å². The van der Waals surface area contributed by atoms with Crippen LogP contribution in [-0.4, -0.2) is 38.5 Å². The van der Waals surface area contributed by atoms with Gasteiger partial charge in [0.25, 0.3) is 0 Å². The summed E-state index contributed by atoms with van der Waals surface area (Å²) in [5, 5.41) is 0. The van der Waals surface area contributed by atoms with E-state index in [1.54, 1.807) is 42.2 Å². The highest BCUT2D eigenvalue weighted by molar-refractivity contribution is 6.30. The number of hydrogen-bond acceptors (Lipinski definition) is 7. The first-order valence-corrected chi connectivity index (χ1v) is 9.57. The molecule has 7 nitrogen and oxygen atoms in total. The van der Waals surface area contributed by atoms with Gasteiger partial charge in [0, 0.05) is 11.4 Å². The second kappa shape index (κ2) is 9.30. The molecule has 2 aromatic carbocycles. The van der Waals surface area contributed by atoms with Crippen molar-refractivity contribution in [1.29, 1.82) is 0 Å². The van der Waals surface area contributed by atoms with Gasteiger partial charge in [-0.3, -0.25) is 4.79 Å². The third-order valence-corrected chi connectivity index (χ3v) is 4.85. The Hall–Kier alpha value is -3.87. The SMILES string of the molecule is COC(=O)COc1ccc(C=C2C(=O)C(C(=O)OC)=C(C)N2c2ccc(C)cc2)cc1. The lowest BCUT2D eigenvalue weighted by Gasteiger charge is -2.21. The standard InChI is InChI=1S/C24H23NO6/c1-15-5-9-18(10-6-15)25-16(2)22(24(28)30-4)23(27)20(25)13-17-7-11-19(12-8-17)31-14-21(26)29-3/h5-13H,14H2,1-4H3. The van der Waals surface area contributed by atoms with E-state index in [0.29, 0.717) is 17.1 Å². The van der Waals surface area contributed by atoms with Crippen LogP contribution in [0.3, 0.4) is 0 Å². The number of benzene rings is 2. The van der Waals surface area contributed by atoms with E-state index >= 15 is 0 Å². The van der Waals surface area contributed by atoms with Gasteiger partial charge in [0.15, 0.2) is 6.61 Å². The molecule has 2 aromatic rings. The highest BCUT2D eigenvalue weighted by Gasteiger charge is 2.38. The summed E-state index contributed by atoms with van der Waals surface area (Å²) in [7, 11) is 2.54. The number of esters is 2. The summed E-state index contributed by atoms with van der Waals surface area (Å²) in [6.07, 6.45) is 1.70. The molecule has 1 heterocycles. The van der Waals surface area contributed by atoms with Crippen LogP contribution in [0.4, 0.5) is 5.69 Å². The maximum absolute atomic E-state index is 13.1. The van der Waals surface area contributed by atoms with E-state index in [0.717, 1.165) is 16.8 Å². The molecule has 0 fully saturated rings. The van der Waals surface area contributed by atoms with E-state index in [2.05, 4.69) is 4.74 Å². The van der Waals surface area contributed by atoms with E-state index in [-0.39, 0.29) is 12.2 Å². The van der Waals surface area contributed by atoms with Crippen molar-refractivity contribution in [2.24, 2.45) is 0 Å². The van der Waals surface area contributed by atoms with Crippen molar-refractivity contribution in [3.63, 3.8) is 0 Å². The van der Waals surface area contributed by atoms with Crippen molar-refractivity contribution in [2.45, 2.75) is 13.8 Å². The van der Waals surface area contributed by atoms with Crippen molar-refractivity contribution in [3.05, 3.63) is 76.6 Å². The van der Waals surface area contributed by atoms with Crippen LogP contribution in [-0.2, 0) is 23.9 Å². The number of carbonyl (C=O) groups excluding carboxylic acids is 3. The number of carbonyl (C=O) groups is 3. The largest absolute Gasteiger partial charge is 0.482 e. The minimum Gasteiger partial charge on any atom is -0.482 e. The van der Waals surface area contributed by atoms with Gasteiger partial charge in [-0.2, -0.15) is 0 Å². The maximum Gasteiger partial charge on any atom is 0.343 e. The number of allylic oxidation sites excluding steroid dienone is 2. The molecule has 0 saturated heterocycles. The van der Waals surface area contributed by atoms with Crippen molar-refractivity contribution < 1.29 is 28.6 Å². The average molecular weight is 421 g/mol. The summed E-state index contributed by atoms with van der Waals surface area (Å²) in [6, 6.07) is 14.5. The first-order valence-electron chi connectivity index (χ1n) is 9.57. The lowest BCUT2D eigenvalue weighted by Crippen LogP contribution is -2.18. The molecule has 0 amide bonds. The van der Waals surface area contributed by atoms with Crippen molar-refractivity contribution in [1.82, 2.24) is 0 Å². The molecular weight excluding hydrogens is 398 g/mol. The van der Waals surface area contributed by atoms with Crippen LogP contribution in [0.25, 0.3) is 6.08 Å². The monoisotopic (exact) mass is 421 g/mol. The zero-order valence-electron chi connectivity index (χ0n) is 17.8. The summed E-state index contributed by atoms with van der Waals surface area (Å²) in [5.74, 6) is -1.07. The Morgan fingerprint density at radius 2 is 1.58 bits per heavy atom. The summed E-state index contributed by atoms with van der Waals surface area (Å²) in [4.78, 5) is 38.3. The van der Waals surface area contributed by atoms with Gasteiger partial charge in [0.2, 0.25) is 5.78 Å². The molecule has 31 heavy (non-hydrogen) atoms. The predicted molar refractivity (Wildman–Crippen MR) is 115 cm³/mol. The Bertz CT molecular complexity index is 1060. The maximum atomic E-state index is 13.1. The fraction of sp³-hybridized carbons (Fsp3) is 0.208. The number of ether oxygens (including phenoxy) is 3. The van der Waals surface area contributed by atoms with Crippen molar-refractivity contribution in [3.8, 4) is 5.75 Å². The number of methoxy groups -OCH3 is 2. The third-order valence-electron chi connectivity index (χ3n) is 4.85. The normalized spacial score (nSPS) is 14.8. The van der Waals surface area contributed by atoms with Crippen molar-refractivity contribution >= 4 is 29.5 Å². The molecular formula is C24H23NO6. The summed E-state index contributed by atoms with van der Waals surface area (Å²) in [5.41, 5.74) is 3.42. The third kappa shape index (κ3) is 4.66. The van der Waals surface area contributed by atoms with Gasteiger partial charge in [-0.15, -0.1) is 0 Å². The molecule has 1 aliphatic rings. The van der Waals surface area contributed by atoms with E-state index in [4.69, 9.17) is 9.47 Å². The molecule has 0 aromatic heterocycles. The molecule has 3 rings (SSSR count). The summed E-state index contributed by atoms with van der Waals surface area (Å²) >= 11 is 0. The van der Waals surface area contributed by atoms with Crippen LogP contribution in [0.15, 0.2) is 65.5 Å². The van der Waals surface area contributed by atoms with Gasteiger partial charge >= 0.3 is 11.9 Å². The molecule has 0 aliphatic carbocycles. The van der Waals surface area contributed by atoms with Gasteiger partial charge in [-0.05, 0) is 49.8 Å². The fourth-order valence-corrected chi connectivity index (χ4v) is 3.20. The van der Waals surface area contributed by atoms with Gasteiger partial charge in [-0.25, -0.2) is 9.59 Å². The average Bonchev–Trinajstić information content (AvgIpc) is 3.02. The predicted octanol–water partition coefficient (Wildman–Crippen LogP) is 3.42. The van der Waals surface area contributed by atoms with Gasteiger partial charge in [-0.1, -0.05) is 29.8 Å². The van der Waals surface area contributed by atoms with Crippen LogP contribution in [0.5, 0.6) is 5.75 Å². The molecule has 160 valence electrons. The van der Waals surface area contributed by atoms with E-state index in [9.17, 15) is 14.4 Å². The Labute approximate surface area is 180 Å². The highest BCUT2D eigenvalue weighted by Crippen LogP contribution is 2.35. The Morgan fingerprint density at radius 3 is 2.16 bits per heavy atom. The van der Waals surface area contributed by atoms with Gasteiger partial charge in [0.05, 0.1) is 19.9 Å².